The molecule has 1 aliphatic heterocycles. The van der Waals surface area contributed by atoms with Gasteiger partial charge in [-0.3, -0.25) is 9.59 Å². The van der Waals surface area contributed by atoms with Gasteiger partial charge in [-0.1, -0.05) is 31.2 Å². The Hall–Kier alpha value is -3.32. The van der Waals surface area contributed by atoms with Crippen LogP contribution in [0.1, 0.15) is 29.7 Å². The van der Waals surface area contributed by atoms with Gasteiger partial charge in [0, 0.05) is 13.7 Å². The van der Waals surface area contributed by atoms with Crippen molar-refractivity contribution >= 4 is 17.4 Å². The van der Waals surface area contributed by atoms with Crippen LogP contribution in [0.3, 0.4) is 0 Å². The van der Waals surface area contributed by atoms with Crippen LogP contribution in [0.25, 0.3) is 5.76 Å². The molecule has 0 radical (unpaired) electrons. The van der Waals surface area contributed by atoms with Crippen LogP contribution in [0.5, 0.6) is 11.5 Å². The first-order valence-corrected chi connectivity index (χ1v) is 10.0. The molecule has 2 aromatic carbocycles. The number of Topliss-reactive ketones (excluding diaryl/α,β-unsaturated/α-hetero) is 1. The number of methoxy groups -OCH3 is 3. The van der Waals surface area contributed by atoms with Gasteiger partial charge in [0.05, 0.1) is 38.0 Å². The summed E-state index contributed by atoms with van der Waals surface area (Å²) >= 11 is 0. The number of hydrogen-bond donors (Lipinski definition) is 1. The van der Waals surface area contributed by atoms with Crippen LogP contribution in [0.15, 0.2) is 48.0 Å². The van der Waals surface area contributed by atoms with Crippen LogP contribution in [0.2, 0.25) is 0 Å². The second kappa shape index (κ2) is 9.66. The minimum atomic E-state index is -0.747. The number of likely N-dealkylation sites (tertiary alicyclic amines) is 1. The van der Waals surface area contributed by atoms with Crippen LogP contribution in [-0.2, 0) is 20.7 Å². The Balaban J connectivity index is 2.21. The Morgan fingerprint density at radius 2 is 1.74 bits per heavy atom. The molecule has 3 rings (SSSR count). The Kier molecular flexibility index (Phi) is 6.97. The molecule has 0 aliphatic carbocycles. The van der Waals surface area contributed by atoms with Gasteiger partial charge in [0.2, 0.25) is 0 Å². The molecule has 2 aromatic rings. The fraction of sp³-hybridized carbons (Fsp3) is 0.333. The smallest absolute Gasteiger partial charge is 0.295 e. The summed E-state index contributed by atoms with van der Waals surface area (Å²) in [5.41, 5.74) is 2.15. The Labute approximate surface area is 181 Å². The molecule has 1 heterocycles. The third kappa shape index (κ3) is 4.27. The number of rotatable bonds is 8. The van der Waals surface area contributed by atoms with Crippen LogP contribution >= 0.6 is 0 Å². The fourth-order valence-electron chi connectivity index (χ4n) is 3.73. The molecule has 7 nitrogen and oxygen atoms in total. The van der Waals surface area contributed by atoms with Gasteiger partial charge in [-0.25, -0.2) is 0 Å². The summed E-state index contributed by atoms with van der Waals surface area (Å²) in [7, 11) is 4.50. The summed E-state index contributed by atoms with van der Waals surface area (Å²) in [5, 5.41) is 11.2. The molecule has 1 atom stereocenters. The maximum Gasteiger partial charge on any atom is 0.295 e. The highest BCUT2D eigenvalue weighted by atomic mass is 16.5. The normalized spacial score (nSPS) is 17.8. The van der Waals surface area contributed by atoms with E-state index in [2.05, 4.69) is 6.92 Å². The van der Waals surface area contributed by atoms with E-state index in [1.165, 1.54) is 26.2 Å². The van der Waals surface area contributed by atoms with Gasteiger partial charge in [-0.2, -0.15) is 0 Å². The molecule has 0 aromatic heterocycles. The van der Waals surface area contributed by atoms with Gasteiger partial charge in [0.15, 0.2) is 0 Å². The maximum absolute atomic E-state index is 13.0. The van der Waals surface area contributed by atoms with Gasteiger partial charge in [-0.15, -0.1) is 0 Å². The predicted octanol–water partition coefficient (Wildman–Crippen LogP) is 3.33. The molecule has 1 saturated heterocycles. The zero-order chi connectivity index (χ0) is 22.5. The van der Waals surface area contributed by atoms with E-state index in [4.69, 9.17) is 14.2 Å². The second-order valence-electron chi connectivity index (χ2n) is 7.15. The minimum Gasteiger partial charge on any atom is -0.507 e. The topological polar surface area (TPSA) is 85.3 Å². The zero-order valence-corrected chi connectivity index (χ0v) is 18.2. The first-order chi connectivity index (χ1) is 15.0. The van der Waals surface area contributed by atoms with E-state index < -0.39 is 17.7 Å². The number of ether oxygens (including phenoxy) is 3. The maximum atomic E-state index is 13.0. The Bertz CT molecular complexity index is 996. The summed E-state index contributed by atoms with van der Waals surface area (Å²) in [6, 6.07) is 11.8. The number of aliphatic hydroxyl groups is 1. The van der Waals surface area contributed by atoms with Crippen molar-refractivity contribution in [2.45, 2.75) is 19.4 Å². The van der Waals surface area contributed by atoms with Crippen LogP contribution in [-0.4, -0.2) is 56.2 Å². The van der Waals surface area contributed by atoms with Crippen molar-refractivity contribution in [3.8, 4) is 11.5 Å². The molecule has 0 saturated carbocycles. The summed E-state index contributed by atoms with van der Waals surface area (Å²) in [6.45, 7) is 2.53. The SMILES string of the molecule is CCc1ccc(C2/C(=C(\O)c3cc(OC)ccc3OC)C(=O)C(=O)N2CCOC)cc1. The van der Waals surface area contributed by atoms with E-state index in [0.29, 0.717) is 11.5 Å². The molecular formula is C24H27NO6. The molecule has 1 fully saturated rings. The fourth-order valence-corrected chi connectivity index (χ4v) is 3.73. The molecule has 1 aliphatic rings. The van der Waals surface area contributed by atoms with E-state index in [9.17, 15) is 14.7 Å². The van der Waals surface area contributed by atoms with Crippen molar-refractivity contribution in [1.29, 1.82) is 0 Å². The summed E-state index contributed by atoms with van der Waals surface area (Å²) in [6.07, 6.45) is 0.866. The number of benzene rings is 2. The van der Waals surface area contributed by atoms with E-state index in [1.54, 1.807) is 18.2 Å². The third-order valence-corrected chi connectivity index (χ3v) is 5.44. The zero-order valence-electron chi connectivity index (χ0n) is 18.2. The van der Waals surface area contributed by atoms with E-state index in [0.717, 1.165) is 17.5 Å². The van der Waals surface area contributed by atoms with Gasteiger partial charge < -0.3 is 24.2 Å². The highest BCUT2D eigenvalue weighted by Gasteiger charge is 2.46. The first-order valence-electron chi connectivity index (χ1n) is 10.0. The average Bonchev–Trinajstić information content (AvgIpc) is 3.06. The van der Waals surface area contributed by atoms with E-state index in [-0.39, 0.29) is 30.0 Å². The number of carbonyl (C=O) groups is 2. The van der Waals surface area contributed by atoms with Crippen LogP contribution < -0.4 is 9.47 Å². The molecule has 0 spiro atoms. The lowest BCUT2D eigenvalue weighted by atomic mass is 9.94. The standard InChI is InChI=1S/C24H27NO6/c1-5-15-6-8-16(9-7-15)21-20(23(27)24(28)25(21)12-13-29-2)22(26)18-14-17(30-3)10-11-19(18)31-4/h6-11,14,21,26H,5,12-13H2,1-4H3/b22-20+. The van der Waals surface area contributed by atoms with Crippen LogP contribution in [0.4, 0.5) is 0 Å². The number of amides is 1. The Morgan fingerprint density at radius 3 is 2.32 bits per heavy atom. The quantitative estimate of drug-likeness (QED) is 0.397. The molecule has 1 N–H and O–H groups in total. The van der Waals surface area contributed by atoms with E-state index in [1.807, 2.05) is 24.3 Å². The number of carbonyl (C=O) groups excluding carboxylic acids is 2. The minimum absolute atomic E-state index is 0.0110. The lowest BCUT2D eigenvalue weighted by molar-refractivity contribution is -0.140. The Morgan fingerprint density at radius 1 is 1.03 bits per heavy atom. The highest BCUT2D eigenvalue weighted by molar-refractivity contribution is 6.46. The first kappa shape index (κ1) is 22.4. The van der Waals surface area contributed by atoms with Crippen molar-refractivity contribution < 1.29 is 28.9 Å². The van der Waals surface area contributed by atoms with Gasteiger partial charge in [-0.05, 0) is 35.7 Å². The number of aryl methyl sites for hydroxylation is 1. The summed E-state index contributed by atoms with van der Waals surface area (Å²) in [4.78, 5) is 27.3. The lowest BCUT2D eigenvalue weighted by Gasteiger charge is -2.25. The van der Waals surface area contributed by atoms with E-state index >= 15 is 0 Å². The van der Waals surface area contributed by atoms with Gasteiger partial charge in [0.25, 0.3) is 11.7 Å². The number of nitrogens with zero attached hydrogens (tertiary/aromatic N) is 1. The number of aliphatic hydroxyl groups excluding tert-OH is 1. The molecule has 0 bridgehead atoms. The second-order valence-corrected chi connectivity index (χ2v) is 7.15. The molecule has 7 heteroatoms. The van der Waals surface area contributed by atoms with Crippen molar-refractivity contribution in [2.24, 2.45) is 0 Å². The van der Waals surface area contributed by atoms with Crippen molar-refractivity contribution in [3.63, 3.8) is 0 Å². The van der Waals surface area contributed by atoms with Crippen molar-refractivity contribution in [3.05, 3.63) is 64.7 Å². The molecular weight excluding hydrogens is 398 g/mol. The predicted molar refractivity (Wildman–Crippen MR) is 116 cm³/mol. The van der Waals surface area contributed by atoms with Crippen LogP contribution in [0, 0.1) is 0 Å². The molecule has 1 amide bonds. The number of hydrogen-bond acceptors (Lipinski definition) is 6. The third-order valence-electron chi connectivity index (χ3n) is 5.44. The van der Waals surface area contributed by atoms with Gasteiger partial charge >= 0.3 is 0 Å². The van der Waals surface area contributed by atoms with Crippen molar-refractivity contribution in [1.82, 2.24) is 4.90 Å². The largest absolute Gasteiger partial charge is 0.507 e. The summed E-state index contributed by atoms with van der Waals surface area (Å²) < 4.78 is 15.8. The van der Waals surface area contributed by atoms with Crippen molar-refractivity contribution in [2.75, 3.05) is 34.5 Å². The number of ketones is 1. The van der Waals surface area contributed by atoms with Gasteiger partial charge in [0.1, 0.15) is 17.3 Å². The highest BCUT2D eigenvalue weighted by Crippen LogP contribution is 2.41. The lowest BCUT2D eigenvalue weighted by Crippen LogP contribution is -2.32. The monoisotopic (exact) mass is 425 g/mol. The average molecular weight is 425 g/mol. The summed E-state index contributed by atoms with van der Waals surface area (Å²) in [5.74, 6) is -0.882. The molecule has 1 unspecified atom stereocenters. The molecule has 164 valence electrons. The molecule has 31 heavy (non-hydrogen) atoms.